The summed E-state index contributed by atoms with van der Waals surface area (Å²) in [5, 5.41) is 43.2. The molecule has 0 saturated carbocycles. The number of hydrogen-bond donors (Lipinski definition) is 6. The van der Waals surface area contributed by atoms with Crippen molar-refractivity contribution in [3.8, 4) is 0 Å². The highest BCUT2D eigenvalue weighted by molar-refractivity contribution is 5.74. The smallest absolute Gasteiger partial charge is 0.217 e. The summed E-state index contributed by atoms with van der Waals surface area (Å²) >= 11 is 0. The molecule has 0 unspecified atom stereocenters. The Labute approximate surface area is 143 Å². The zero-order valence-electron chi connectivity index (χ0n) is 13.9. The van der Waals surface area contributed by atoms with Gasteiger partial charge < -0.3 is 45.3 Å². The minimum Gasteiger partial charge on any atom is -0.394 e. The van der Waals surface area contributed by atoms with E-state index in [0.717, 1.165) is 0 Å². The van der Waals surface area contributed by atoms with Crippen LogP contribution >= 0.6 is 0 Å². The van der Waals surface area contributed by atoms with Crippen molar-refractivity contribution in [2.75, 3.05) is 13.2 Å². The number of carbonyl (C=O) groups excluding carboxylic acids is 3. The van der Waals surface area contributed by atoms with Crippen LogP contribution in [-0.4, -0.2) is 94.5 Å². The highest BCUT2D eigenvalue weighted by Crippen LogP contribution is 2.23. The monoisotopic (exact) mass is 364 g/mol. The van der Waals surface area contributed by atoms with Crippen molar-refractivity contribution in [1.82, 2.24) is 10.6 Å². The van der Waals surface area contributed by atoms with Gasteiger partial charge in [0.1, 0.15) is 30.5 Å². The van der Waals surface area contributed by atoms with Crippen molar-refractivity contribution in [3.63, 3.8) is 0 Å². The Hall–Kier alpha value is -1.63. The molecular formula is C14H24N2O9. The van der Waals surface area contributed by atoms with Crippen LogP contribution in [0.3, 0.4) is 0 Å². The van der Waals surface area contributed by atoms with Gasteiger partial charge in [-0.1, -0.05) is 0 Å². The van der Waals surface area contributed by atoms with Crippen LogP contribution in [0.4, 0.5) is 0 Å². The highest BCUT2D eigenvalue weighted by atomic mass is 16.7. The first kappa shape index (κ1) is 21.4. The van der Waals surface area contributed by atoms with Crippen LogP contribution in [0.1, 0.15) is 13.8 Å². The van der Waals surface area contributed by atoms with E-state index in [1.807, 2.05) is 0 Å². The zero-order chi connectivity index (χ0) is 19.1. The van der Waals surface area contributed by atoms with Gasteiger partial charge in [0.15, 0.2) is 12.6 Å². The Balaban J connectivity index is 2.99. The van der Waals surface area contributed by atoms with E-state index in [1.54, 1.807) is 0 Å². The molecule has 1 saturated heterocycles. The maximum Gasteiger partial charge on any atom is 0.217 e. The Morgan fingerprint density at radius 3 is 2.28 bits per heavy atom. The quantitative estimate of drug-likeness (QED) is 0.235. The predicted octanol–water partition coefficient (Wildman–Crippen LogP) is -3.99. The van der Waals surface area contributed by atoms with Crippen molar-refractivity contribution in [3.05, 3.63) is 0 Å². The number of hydrogen-bond acceptors (Lipinski definition) is 9. The van der Waals surface area contributed by atoms with Crippen LogP contribution in [0, 0.1) is 0 Å². The SMILES string of the molecule is CC(=O)N[C@H]1[C@H](O[C@@H](C=O)[C@H](CO)NC(C)=O)O[C@H](CO)[C@@H](O)[C@@H]1O. The number of ether oxygens (including phenoxy) is 2. The molecule has 144 valence electrons. The molecule has 1 heterocycles. The fraction of sp³-hybridized carbons (Fsp3) is 0.786. The molecule has 11 heteroatoms. The molecule has 1 fully saturated rings. The largest absolute Gasteiger partial charge is 0.394 e. The molecule has 7 atom stereocenters. The van der Waals surface area contributed by atoms with Gasteiger partial charge in [0, 0.05) is 13.8 Å². The Morgan fingerprint density at radius 2 is 1.84 bits per heavy atom. The number of aldehydes is 1. The number of aliphatic hydroxyl groups excluding tert-OH is 4. The lowest BCUT2D eigenvalue weighted by molar-refractivity contribution is -0.280. The molecule has 1 rings (SSSR count). The molecule has 6 N–H and O–H groups in total. The minimum absolute atomic E-state index is 0.316. The molecule has 1 aliphatic rings. The minimum atomic E-state index is -1.54. The van der Waals surface area contributed by atoms with Gasteiger partial charge in [0.2, 0.25) is 11.8 Å². The van der Waals surface area contributed by atoms with Crippen molar-refractivity contribution in [2.45, 2.75) is 56.6 Å². The molecule has 0 spiro atoms. The average Bonchev–Trinajstić information content (AvgIpc) is 2.56. The van der Waals surface area contributed by atoms with Crippen molar-refractivity contribution < 1.29 is 44.3 Å². The number of carbonyl (C=O) groups is 3. The third kappa shape index (κ3) is 5.70. The van der Waals surface area contributed by atoms with E-state index in [4.69, 9.17) is 9.47 Å². The summed E-state index contributed by atoms with van der Waals surface area (Å²) in [6.45, 7) is 1.09. The van der Waals surface area contributed by atoms with E-state index >= 15 is 0 Å². The van der Waals surface area contributed by atoms with Crippen LogP contribution in [0.15, 0.2) is 0 Å². The molecular weight excluding hydrogens is 340 g/mol. The van der Waals surface area contributed by atoms with Gasteiger partial charge in [-0.05, 0) is 0 Å². The number of aliphatic hydroxyl groups is 4. The third-order valence-corrected chi connectivity index (χ3v) is 3.66. The number of amides is 2. The second kappa shape index (κ2) is 9.75. The van der Waals surface area contributed by atoms with Gasteiger partial charge in [-0.15, -0.1) is 0 Å². The van der Waals surface area contributed by atoms with Gasteiger partial charge in [-0.2, -0.15) is 0 Å². The zero-order valence-corrected chi connectivity index (χ0v) is 13.9. The maximum absolute atomic E-state index is 11.3. The lowest BCUT2D eigenvalue weighted by atomic mass is 9.96. The standard InChI is InChI=1S/C14H24N2O9/c1-6(20)15-8(3-17)9(4-18)24-14-11(16-7(2)21)13(23)12(22)10(5-19)25-14/h4,8-14,17,19,22-23H,3,5H2,1-2H3,(H,15,20)(H,16,21)/t8-,9-,10+,11+,12+,13+,14+/m0/s1. The normalized spacial score (nSPS) is 31.7. The highest BCUT2D eigenvalue weighted by Gasteiger charge is 2.46. The summed E-state index contributed by atoms with van der Waals surface area (Å²) in [6.07, 6.45) is -6.73. The summed E-state index contributed by atoms with van der Waals surface area (Å²) in [7, 11) is 0. The molecule has 0 bridgehead atoms. The molecule has 0 aromatic carbocycles. The second-order valence-corrected chi connectivity index (χ2v) is 5.66. The third-order valence-electron chi connectivity index (χ3n) is 3.66. The summed E-state index contributed by atoms with van der Waals surface area (Å²) in [4.78, 5) is 33.8. The van der Waals surface area contributed by atoms with Gasteiger partial charge in [-0.3, -0.25) is 9.59 Å². The molecule has 1 aliphatic heterocycles. The Bertz CT molecular complexity index is 475. The molecule has 25 heavy (non-hydrogen) atoms. The van der Waals surface area contributed by atoms with Crippen LogP contribution < -0.4 is 10.6 Å². The fourth-order valence-electron chi connectivity index (χ4n) is 2.46. The van der Waals surface area contributed by atoms with Crippen LogP contribution in [0.2, 0.25) is 0 Å². The summed E-state index contributed by atoms with van der Waals surface area (Å²) in [6, 6.07) is -2.33. The van der Waals surface area contributed by atoms with E-state index in [-0.39, 0.29) is 0 Å². The van der Waals surface area contributed by atoms with Gasteiger partial charge in [0.05, 0.1) is 19.3 Å². The van der Waals surface area contributed by atoms with E-state index in [0.29, 0.717) is 6.29 Å². The fourth-order valence-corrected chi connectivity index (χ4v) is 2.46. The van der Waals surface area contributed by atoms with E-state index < -0.39 is 67.8 Å². The van der Waals surface area contributed by atoms with Crippen LogP contribution in [0.5, 0.6) is 0 Å². The lowest BCUT2D eigenvalue weighted by Gasteiger charge is -2.43. The molecule has 11 nitrogen and oxygen atoms in total. The Kier molecular flexibility index (Phi) is 8.35. The predicted molar refractivity (Wildman–Crippen MR) is 81.0 cm³/mol. The summed E-state index contributed by atoms with van der Waals surface area (Å²) < 4.78 is 10.7. The van der Waals surface area contributed by atoms with E-state index in [9.17, 15) is 34.8 Å². The summed E-state index contributed by atoms with van der Waals surface area (Å²) in [5.41, 5.74) is 0. The number of rotatable bonds is 8. The van der Waals surface area contributed by atoms with Crippen molar-refractivity contribution in [1.29, 1.82) is 0 Å². The first-order valence-electron chi connectivity index (χ1n) is 7.63. The first-order chi connectivity index (χ1) is 11.7. The van der Waals surface area contributed by atoms with Crippen molar-refractivity contribution in [2.24, 2.45) is 0 Å². The Morgan fingerprint density at radius 1 is 1.20 bits per heavy atom. The molecule has 0 aromatic rings. The van der Waals surface area contributed by atoms with Crippen LogP contribution in [0.25, 0.3) is 0 Å². The molecule has 0 aromatic heterocycles. The molecule has 2 amide bonds. The van der Waals surface area contributed by atoms with Gasteiger partial charge in [0.25, 0.3) is 0 Å². The maximum atomic E-state index is 11.3. The van der Waals surface area contributed by atoms with E-state index in [2.05, 4.69) is 10.6 Å². The van der Waals surface area contributed by atoms with Gasteiger partial charge in [-0.25, -0.2) is 0 Å². The van der Waals surface area contributed by atoms with E-state index in [1.165, 1.54) is 13.8 Å². The average molecular weight is 364 g/mol. The van der Waals surface area contributed by atoms with Crippen LogP contribution in [-0.2, 0) is 23.9 Å². The second-order valence-electron chi connectivity index (χ2n) is 5.66. The lowest BCUT2D eigenvalue weighted by Crippen LogP contribution is -2.65. The first-order valence-corrected chi connectivity index (χ1v) is 7.63. The van der Waals surface area contributed by atoms with Crippen molar-refractivity contribution >= 4 is 18.1 Å². The summed E-state index contributed by atoms with van der Waals surface area (Å²) in [5.74, 6) is -1.07. The topological polar surface area (TPSA) is 175 Å². The van der Waals surface area contributed by atoms with Gasteiger partial charge >= 0.3 is 0 Å². The molecule has 0 aliphatic carbocycles. The number of nitrogens with one attached hydrogen (secondary N) is 2. The molecule has 0 radical (unpaired) electrons.